The summed E-state index contributed by atoms with van der Waals surface area (Å²) in [6.45, 7) is 5.18. The summed E-state index contributed by atoms with van der Waals surface area (Å²) in [6.07, 6.45) is 0.0495. The van der Waals surface area contributed by atoms with Gasteiger partial charge in [-0.2, -0.15) is 0 Å². The zero-order chi connectivity index (χ0) is 16.3. The molecule has 0 aliphatic carbocycles. The molecule has 0 aromatic heterocycles. The summed E-state index contributed by atoms with van der Waals surface area (Å²) in [7, 11) is 0. The number of hydrogen-bond donors (Lipinski definition) is 1. The SMILES string of the molecule is C[C@@H]1CN(CC(=O)Nc2ccc(F)cc2[N+](=O)[O-])C[C@@H](C)O1. The number of halogens is 1. The van der Waals surface area contributed by atoms with E-state index in [2.05, 4.69) is 5.32 Å². The van der Waals surface area contributed by atoms with E-state index >= 15 is 0 Å². The van der Waals surface area contributed by atoms with Gasteiger partial charge in [0.05, 0.1) is 29.7 Å². The Bertz CT molecular complexity index is 571. The normalized spacial score (nSPS) is 22.3. The number of carbonyl (C=O) groups excluding carboxylic acids is 1. The van der Waals surface area contributed by atoms with E-state index in [1.807, 2.05) is 18.7 Å². The van der Waals surface area contributed by atoms with Crippen molar-refractivity contribution in [3.05, 3.63) is 34.1 Å². The van der Waals surface area contributed by atoms with Crippen LogP contribution in [-0.2, 0) is 9.53 Å². The van der Waals surface area contributed by atoms with E-state index in [4.69, 9.17) is 4.74 Å². The van der Waals surface area contributed by atoms with Gasteiger partial charge >= 0.3 is 0 Å². The van der Waals surface area contributed by atoms with Crippen molar-refractivity contribution >= 4 is 17.3 Å². The average Bonchev–Trinajstić information content (AvgIpc) is 2.39. The quantitative estimate of drug-likeness (QED) is 0.677. The van der Waals surface area contributed by atoms with Crippen LogP contribution in [0.25, 0.3) is 0 Å². The lowest BCUT2D eigenvalue weighted by Gasteiger charge is -2.34. The number of ether oxygens (including phenoxy) is 1. The van der Waals surface area contributed by atoms with E-state index in [9.17, 15) is 19.3 Å². The fourth-order valence-corrected chi connectivity index (χ4v) is 2.57. The van der Waals surface area contributed by atoms with E-state index < -0.39 is 16.4 Å². The van der Waals surface area contributed by atoms with Crippen LogP contribution < -0.4 is 5.32 Å². The Balaban J connectivity index is 2.02. The van der Waals surface area contributed by atoms with Crippen molar-refractivity contribution in [1.29, 1.82) is 0 Å². The molecule has 1 saturated heterocycles. The number of nitrogens with one attached hydrogen (secondary N) is 1. The number of nitro groups is 1. The van der Waals surface area contributed by atoms with E-state index in [0.29, 0.717) is 13.1 Å². The molecule has 1 amide bonds. The Morgan fingerprint density at radius 3 is 2.68 bits per heavy atom. The number of nitrogens with zero attached hydrogens (tertiary/aromatic N) is 2. The van der Waals surface area contributed by atoms with Crippen molar-refractivity contribution in [2.75, 3.05) is 25.0 Å². The monoisotopic (exact) mass is 311 g/mol. The first kappa shape index (κ1) is 16.3. The zero-order valence-electron chi connectivity index (χ0n) is 12.4. The maximum atomic E-state index is 13.1. The van der Waals surface area contributed by atoms with E-state index in [1.54, 1.807) is 0 Å². The largest absolute Gasteiger partial charge is 0.373 e. The van der Waals surface area contributed by atoms with Gasteiger partial charge in [-0.15, -0.1) is 0 Å². The predicted octanol–water partition coefficient (Wildman–Crippen LogP) is 1.78. The molecule has 7 nitrogen and oxygen atoms in total. The van der Waals surface area contributed by atoms with Crippen LogP contribution in [0.15, 0.2) is 18.2 Å². The van der Waals surface area contributed by atoms with Gasteiger partial charge in [-0.3, -0.25) is 19.8 Å². The number of amides is 1. The van der Waals surface area contributed by atoms with Crippen LogP contribution in [0.5, 0.6) is 0 Å². The molecule has 0 bridgehead atoms. The zero-order valence-corrected chi connectivity index (χ0v) is 12.4. The van der Waals surface area contributed by atoms with Gasteiger partial charge in [0.1, 0.15) is 11.5 Å². The van der Waals surface area contributed by atoms with Gasteiger partial charge in [0.25, 0.3) is 5.69 Å². The number of anilines is 1. The molecule has 0 spiro atoms. The highest BCUT2D eigenvalue weighted by molar-refractivity contribution is 5.94. The maximum Gasteiger partial charge on any atom is 0.295 e. The molecule has 1 aliphatic heterocycles. The Kier molecular flexibility index (Phi) is 5.04. The van der Waals surface area contributed by atoms with Gasteiger partial charge < -0.3 is 10.1 Å². The van der Waals surface area contributed by atoms with Crippen molar-refractivity contribution in [2.45, 2.75) is 26.1 Å². The highest BCUT2D eigenvalue weighted by Crippen LogP contribution is 2.25. The maximum absolute atomic E-state index is 13.1. The fraction of sp³-hybridized carbons (Fsp3) is 0.500. The first-order valence-electron chi connectivity index (χ1n) is 6.96. The number of benzene rings is 1. The molecule has 120 valence electrons. The first-order valence-corrected chi connectivity index (χ1v) is 6.96. The summed E-state index contributed by atoms with van der Waals surface area (Å²) in [6, 6.07) is 3.05. The van der Waals surface area contributed by atoms with Crippen LogP contribution >= 0.6 is 0 Å². The molecule has 0 radical (unpaired) electrons. The number of hydrogen-bond acceptors (Lipinski definition) is 5. The van der Waals surface area contributed by atoms with Crippen molar-refractivity contribution in [2.24, 2.45) is 0 Å². The third-order valence-electron chi connectivity index (χ3n) is 3.29. The van der Waals surface area contributed by atoms with Crippen LogP contribution in [0.2, 0.25) is 0 Å². The molecule has 1 aromatic carbocycles. The van der Waals surface area contributed by atoms with E-state index in [-0.39, 0.29) is 30.3 Å². The van der Waals surface area contributed by atoms with Crippen molar-refractivity contribution in [3.8, 4) is 0 Å². The molecule has 8 heteroatoms. The summed E-state index contributed by atoms with van der Waals surface area (Å²) in [4.78, 5) is 24.1. The number of carbonyl (C=O) groups is 1. The summed E-state index contributed by atoms with van der Waals surface area (Å²) in [5.74, 6) is -1.10. The van der Waals surface area contributed by atoms with Crippen molar-refractivity contribution < 1.29 is 18.8 Å². The minimum absolute atomic E-state index is 0.00856. The smallest absolute Gasteiger partial charge is 0.295 e. The van der Waals surface area contributed by atoms with Crippen LogP contribution in [0.4, 0.5) is 15.8 Å². The van der Waals surface area contributed by atoms with E-state index in [0.717, 1.165) is 12.1 Å². The van der Waals surface area contributed by atoms with Gasteiger partial charge in [0.2, 0.25) is 5.91 Å². The van der Waals surface area contributed by atoms with Crippen LogP contribution in [0, 0.1) is 15.9 Å². The van der Waals surface area contributed by atoms with Gasteiger partial charge in [0, 0.05) is 13.1 Å². The van der Waals surface area contributed by atoms with Crippen LogP contribution in [0.3, 0.4) is 0 Å². The average molecular weight is 311 g/mol. The first-order chi connectivity index (χ1) is 10.3. The Morgan fingerprint density at radius 1 is 1.45 bits per heavy atom. The standard InChI is InChI=1S/C14H18FN3O4/c1-9-6-17(7-10(2)22-9)8-14(19)16-12-4-3-11(15)5-13(12)18(20)21/h3-5,9-10H,6-8H2,1-2H3,(H,16,19)/t9-,10-/m1/s1. The molecule has 22 heavy (non-hydrogen) atoms. The second-order valence-corrected chi connectivity index (χ2v) is 5.42. The van der Waals surface area contributed by atoms with Crippen molar-refractivity contribution in [3.63, 3.8) is 0 Å². The molecule has 2 atom stereocenters. The van der Waals surface area contributed by atoms with Crippen LogP contribution in [-0.4, -0.2) is 47.6 Å². The van der Waals surface area contributed by atoms with Crippen molar-refractivity contribution in [1.82, 2.24) is 4.90 Å². The molecular formula is C14H18FN3O4. The second-order valence-electron chi connectivity index (χ2n) is 5.42. The van der Waals surface area contributed by atoms with Gasteiger partial charge in [0.15, 0.2) is 0 Å². The number of rotatable bonds is 4. The molecule has 1 aliphatic rings. The molecular weight excluding hydrogens is 293 g/mol. The Morgan fingerprint density at radius 2 is 2.09 bits per heavy atom. The lowest BCUT2D eigenvalue weighted by atomic mass is 10.2. The minimum Gasteiger partial charge on any atom is -0.373 e. The molecule has 0 saturated carbocycles. The van der Waals surface area contributed by atoms with Gasteiger partial charge in [-0.05, 0) is 26.0 Å². The van der Waals surface area contributed by atoms with Crippen LogP contribution in [0.1, 0.15) is 13.8 Å². The molecule has 1 N–H and O–H groups in total. The number of nitro benzene ring substituents is 1. The molecule has 1 heterocycles. The fourth-order valence-electron chi connectivity index (χ4n) is 2.57. The third kappa shape index (κ3) is 4.22. The molecule has 1 fully saturated rings. The summed E-state index contributed by atoms with van der Waals surface area (Å²) >= 11 is 0. The second kappa shape index (κ2) is 6.80. The number of morpholine rings is 1. The van der Waals surface area contributed by atoms with Gasteiger partial charge in [-0.1, -0.05) is 0 Å². The Hall–Kier alpha value is -2.06. The molecule has 2 rings (SSSR count). The summed E-state index contributed by atoms with van der Waals surface area (Å²) < 4.78 is 18.6. The summed E-state index contributed by atoms with van der Waals surface area (Å²) in [5, 5.41) is 13.4. The summed E-state index contributed by atoms with van der Waals surface area (Å²) in [5.41, 5.74) is -0.470. The molecule has 1 aromatic rings. The lowest BCUT2D eigenvalue weighted by molar-refractivity contribution is -0.384. The highest BCUT2D eigenvalue weighted by atomic mass is 19.1. The topological polar surface area (TPSA) is 84.7 Å². The lowest BCUT2D eigenvalue weighted by Crippen LogP contribution is -2.48. The third-order valence-corrected chi connectivity index (χ3v) is 3.29. The van der Waals surface area contributed by atoms with E-state index in [1.165, 1.54) is 6.07 Å². The molecule has 0 unspecified atom stereocenters. The Labute approximate surface area is 127 Å². The minimum atomic E-state index is -0.725. The van der Waals surface area contributed by atoms with Gasteiger partial charge in [-0.25, -0.2) is 4.39 Å². The predicted molar refractivity (Wildman–Crippen MR) is 78.1 cm³/mol. The highest BCUT2D eigenvalue weighted by Gasteiger charge is 2.24.